The average Bonchev–Trinajstić information content (AvgIpc) is 2.68. The van der Waals surface area contributed by atoms with E-state index >= 15 is 0 Å². The Bertz CT molecular complexity index is 860. The standard InChI is InChI=1S/C20H20BrFN2O4/c1-2-24(12-14-5-3-8-17(22)9-14)18(25)13-28-19(26)11-23-20(27)15-6-4-7-16(21)10-15/h3-10H,2,11-13H2,1H3,(H,23,27). The van der Waals surface area contributed by atoms with Gasteiger partial charge in [-0.3, -0.25) is 14.4 Å². The molecule has 0 heterocycles. The van der Waals surface area contributed by atoms with Crippen LogP contribution in [0, 0.1) is 5.82 Å². The number of carbonyl (C=O) groups excluding carboxylic acids is 3. The molecule has 0 saturated heterocycles. The average molecular weight is 451 g/mol. The summed E-state index contributed by atoms with van der Waals surface area (Å²) < 4.78 is 18.9. The van der Waals surface area contributed by atoms with Crippen LogP contribution >= 0.6 is 15.9 Å². The molecular weight excluding hydrogens is 431 g/mol. The van der Waals surface area contributed by atoms with E-state index in [1.807, 2.05) is 0 Å². The molecule has 148 valence electrons. The van der Waals surface area contributed by atoms with E-state index in [4.69, 9.17) is 4.74 Å². The van der Waals surface area contributed by atoms with Crippen molar-refractivity contribution in [3.63, 3.8) is 0 Å². The van der Waals surface area contributed by atoms with E-state index in [0.29, 0.717) is 17.7 Å². The zero-order chi connectivity index (χ0) is 20.5. The molecule has 0 aliphatic rings. The van der Waals surface area contributed by atoms with E-state index in [-0.39, 0.29) is 18.9 Å². The highest BCUT2D eigenvalue weighted by atomic mass is 79.9. The van der Waals surface area contributed by atoms with Gasteiger partial charge in [0.25, 0.3) is 11.8 Å². The van der Waals surface area contributed by atoms with Crippen LogP contribution in [0.5, 0.6) is 0 Å². The summed E-state index contributed by atoms with van der Waals surface area (Å²) in [7, 11) is 0. The zero-order valence-electron chi connectivity index (χ0n) is 15.3. The summed E-state index contributed by atoms with van der Waals surface area (Å²) in [6.45, 7) is 1.57. The Morgan fingerprint density at radius 1 is 1.14 bits per heavy atom. The van der Waals surface area contributed by atoms with Crippen molar-refractivity contribution in [3.8, 4) is 0 Å². The van der Waals surface area contributed by atoms with Gasteiger partial charge in [-0.15, -0.1) is 0 Å². The van der Waals surface area contributed by atoms with Crippen LogP contribution < -0.4 is 5.32 Å². The first-order chi connectivity index (χ1) is 13.4. The number of hydrogen-bond acceptors (Lipinski definition) is 4. The highest BCUT2D eigenvalue weighted by Gasteiger charge is 2.16. The number of likely N-dealkylation sites (N-methyl/N-ethyl adjacent to an activating group) is 1. The SMILES string of the molecule is CCN(Cc1cccc(F)c1)C(=O)COC(=O)CNC(=O)c1cccc(Br)c1. The van der Waals surface area contributed by atoms with Gasteiger partial charge in [0.15, 0.2) is 6.61 Å². The van der Waals surface area contributed by atoms with Gasteiger partial charge in [0.05, 0.1) is 0 Å². The summed E-state index contributed by atoms with van der Waals surface area (Å²) in [6, 6.07) is 12.7. The number of carbonyl (C=O) groups is 3. The quantitative estimate of drug-likeness (QED) is 0.627. The lowest BCUT2D eigenvalue weighted by Gasteiger charge is -2.21. The molecule has 0 aromatic heterocycles. The molecule has 28 heavy (non-hydrogen) atoms. The highest BCUT2D eigenvalue weighted by molar-refractivity contribution is 9.10. The fourth-order valence-electron chi connectivity index (χ4n) is 2.40. The number of benzene rings is 2. The van der Waals surface area contributed by atoms with Crippen LogP contribution in [0.15, 0.2) is 53.0 Å². The van der Waals surface area contributed by atoms with Gasteiger partial charge in [0.1, 0.15) is 12.4 Å². The first-order valence-electron chi connectivity index (χ1n) is 8.60. The van der Waals surface area contributed by atoms with E-state index in [0.717, 1.165) is 4.47 Å². The minimum atomic E-state index is -0.724. The number of nitrogens with one attached hydrogen (secondary N) is 1. The number of hydrogen-bond donors (Lipinski definition) is 1. The van der Waals surface area contributed by atoms with Crippen LogP contribution in [0.1, 0.15) is 22.8 Å². The molecule has 0 radical (unpaired) electrons. The molecule has 2 aromatic rings. The summed E-state index contributed by atoms with van der Waals surface area (Å²) in [6.07, 6.45) is 0. The largest absolute Gasteiger partial charge is 0.454 e. The Kier molecular flexibility index (Phi) is 8.13. The van der Waals surface area contributed by atoms with Crippen molar-refractivity contribution in [1.82, 2.24) is 10.2 Å². The van der Waals surface area contributed by atoms with Crippen LogP contribution in [-0.4, -0.2) is 42.4 Å². The van der Waals surface area contributed by atoms with Gasteiger partial charge in [0, 0.05) is 23.1 Å². The van der Waals surface area contributed by atoms with Gasteiger partial charge in [-0.25, -0.2) is 4.39 Å². The first kappa shape index (κ1) is 21.6. The maximum Gasteiger partial charge on any atom is 0.325 e. The topological polar surface area (TPSA) is 75.7 Å². The molecule has 0 fully saturated rings. The zero-order valence-corrected chi connectivity index (χ0v) is 16.9. The number of esters is 1. The molecule has 0 unspecified atom stereocenters. The van der Waals surface area contributed by atoms with E-state index in [1.54, 1.807) is 43.3 Å². The van der Waals surface area contributed by atoms with Gasteiger partial charge in [-0.05, 0) is 42.8 Å². The molecule has 2 aromatic carbocycles. The summed E-state index contributed by atoms with van der Waals surface area (Å²) in [4.78, 5) is 37.5. The van der Waals surface area contributed by atoms with Crippen molar-refractivity contribution >= 4 is 33.7 Å². The van der Waals surface area contributed by atoms with E-state index in [2.05, 4.69) is 21.2 Å². The molecule has 1 N–H and O–H groups in total. The molecule has 0 saturated carbocycles. The Labute approximate surface area is 170 Å². The Balaban J connectivity index is 1.79. The summed E-state index contributed by atoms with van der Waals surface area (Å²) in [5.41, 5.74) is 1.04. The second kappa shape index (κ2) is 10.6. The van der Waals surface area contributed by atoms with Crippen molar-refractivity contribution in [3.05, 3.63) is 69.9 Å². The van der Waals surface area contributed by atoms with Crippen molar-refractivity contribution in [1.29, 1.82) is 0 Å². The summed E-state index contributed by atoms with van der Waals surface area (Å²) in [5, 5.41) is 2.44. The molecule has 0 aliphatic heterocycles. The molecule has 2 rings (SSSR count). The minimum absolute atomic E-state index is 0.213. The maximum atomic E-state index is 13.3. The van der Waals surface area contributed by atoms with E-state index in [1.165, 1.54) is 17.0 Å². The normalized spacial score (nSPS) is 10.2. The summed E-state index contributed by atoms with van der Waals surface area (Å²) >= 11 is 3.26. The molecule has 2 amide bonds. The van der Waals surface area contributed by atoms with Crippen LogP contribution in [0.25, 0.3) is 0 Å². The minimum Gasteiger partial charge on any atom is -0.454 e. The lowest BCUT2D eigenvalue weighted by atomic mass is 10.2. The third-order valence-electron chi connectivity index (χ3n) is 3.83. The van der Waals surface area contributed by atoms with Crippen LogP contribution in [0.4, 0.5) is 4.39 Å². The van der Waals surface area contributed by atoms with Crippen LogP contribution in [-0.2, 0) is 20.9 Å². The van der Waals surface area contributed by atoms with Gasteiger partial charge in [-0.2, -0.15) is 0 Å². The Morgan fingerprint density at radius 3 is 2.57 bits per heavy atom. The van der Waals surface area contributed by atoms with Gasteiger partial charge >= 0.3 is 5.97 Å². The molecule has 0 atom stereocenters. The Morgan fingerprint density at radius 2 is 1.89 bits per heavy atom. The monoisotopic (exact) mass is 450 g/mol. The number of ether oxygens (including phenoxy) is 1. The van der Waals surface area contributed by atoms with Crippen LogP contribution in [0.2, 0.25) is 0 Å². The maximum absolute atomic E-state index is 13.3. The summed E-state index contributed by atoms with van der Waals surface area (Å²) in [5.74, 6) is -1.93. The fourth-order valence-corrected chi connectivity index (χ4v) is 2.80. The molecule has 0 bridgehead atoms. The third kappa shape index (κ3) is 6.77. The lowest BCUT2D eigenvalue weighted by molar-refractivity contribution is -0.151. The van der Waals surface area contributed by atoms with Gasteiger partial charge in [-0.1, -0.05) is 34.1 Å². The van der Waals surface area contributed by atoms with E-state index in [9.17, 15) is 18.8 Å². The van der Waals surface area contributed by atoms with Crippen molar-refractivity contribution in [2.24, 2.45) is 0 Å². The number of nitrogens with zero attached hydrogens (tertiary/aromatic N) is 1. The second-order valence-electron chi connectivity index (χ2n) is 5.89. The molecule has 0 spiro atoms. The number of amides is 2. The molecule has 8 heteroatoms. The van der Waals surface area contributed by atoms with Crippen molar-refractivity contribution in [2.45, 2.75) is 13.5 Å². The Hall–Kier alpha value is -2.74. The number of halogens is 2. The lowest BCUT2D eigenvalue weighted by Crippen LogP contribution is -2.36. The first-order valence-corrected chi connectivity index (χ1v) is 9.40. The van der Waals surface area contributed by atoms with Gasteiger partial charge < -0.3 is 15.0 Å². The predicted octanol–water partition coefficient (Wildman–Crippen LogP) is 2.91. The highest BCUT2D eigenvalue weighted by Crippen LogP contribution is 2.11. The smallest absolute Gasteiger partial charge is 0.325 e. The van der Waals surface area contributed by atoms with Crippen molar-refractivity contribution in [2.75, 3.05) is 19.7 Å². The molecule has 0 aliphatic carbocycles. The molecular formula is C20H20BrFN2O4. The third-order valence-corrected chi connectivity index (χ3v) is 4.33. The molecule has 6 nitrogen and oxygen atoms in total. The fraction of sp³-hybridized carbons (Fsp3) is 0.250. The number of rotatable bonds is 8. The van der Waals surface area contributed by atoms with Gasteiger partial charge in [0.2, 0.25) is 0 Å². The second-order valence-corrected chi connectivity index (χ2v) is 6.81. The van der Waals surface area contributed by atoms with Crippen LogP contribution in [0.3, 0.4) is 0 Å². The van der Waals surface area contributed by atoms with Crippen molar-refractivity contribution < 1.29 is 23.5 Å². The predicted molar refractivity (Wildman–Crippen MR) is 105 cm³/mol. The van der Waals surface area contributed by atoms with E-state index < -0.39 is 24.4 Å².